The van der Waals surface area contributed by atoms with Crippen molar-refractivity contribution in [2.45, 2.75) is 31.3 Å². The fraction of sp³-hybridized carbons (Fsp3) is 0.800. The summed E-state index contributed by atoms with van der Waals surface area (Å²) in [5.41, 5.74) is 0. The molecule has 0 bridgehead atoms. The lowest BCUT2D eigenvalue weighted by Gasteiger charge is -2.33. The topological polar surface area (TPSA) is 46.6 Å². The standard InChI is InChI=1S/C10H17NO3S/c1-4-14-10(13)9(12)11-5-7(2)15-8(3)6-11/h7-8H,4-6H2,1-3H3. The maximum absolute atomic E-state index is 11.6. The Hall–Kier alpha value is -0.710. The molecule has 1 aliphatic heterocycles. The lowest BCUT2D eigenvalue weighted by atomic mass is 10.3. The molecule has 0 aromatic heterocycles. The van der Waals surface area contributed by atoms with Crippen LogP contribution in [0, 0.1) is 0 Å². The summed E-state index contributed by atoms with van der Waals surface area (Å²) in [5.74, 6) is -1.24. The highest BCUT2D eigenvalue weighted by atomic mass is 32.2. The summed E-state index contributed by atoms with van der Waals surface area (Å²) in [6.45, 7) is 7.33. The number of hydrogen-bond acceptors (Lipinski definition) is 4. The Morgan fingerprint density at radius 1 is 1.33 bits per heavy atom. The van der Waals surface area contributed by atoms with E-state index in [1.165, 1.54) is 0 Å². The molecule has 0 radical (unpaired) electrons. The highest BCUT2D eigenvalue weighted by Gasteiger charge is 2.30. The van der Waals surface area contributed by atoms with Crippen LogP contribution >= 0.6 is 11.8 Å². The summed E-state index contributed by atoms with van der Waals surface area (Å²) in [5, 5.41) is 0.763. The van der Waals surface area contributed by atoms with Gasteiger partial charge in [0.15, 0.2) is 0 Å². The normalized spacial score (nSPS) is 26.2. The van der Waals surface area contributed by atoms with Gasteiger partial charge in [0, 0.05) is 23.6 Å². The van der Waals surface area contributed by atoms with E-state index in [1.807, 2.05) is 11.8 Å². The molecular weight excluding hydrogens is 214 g/mol. The zero-order valence-electron chi connectivity index (χ0n) is 9.36. The largest absolute Gasteiger partial charge is 0.459 e. The number of nitrogens with zero attached hydrogens (tertiary/aromatic N) is 1. The number of ether oxygens (including phenoxy) is 1. The molecular formula is C10H17NO3S. The van der Waals surface area contributed by atoms with E-state index in [9.17, 15) is 9.59 Å². The molecule has 1 heterocycles. The van der Waals surface area contributed by atoms with Gasteiger partial charge in [-0.15, -0.1) is 0 Å². The Morgan fingerprint density at radius 3 is 2.33 bits per heavy atom. The van der Waals surface area contributed by atoms with Crippen molar-refractivity contribution in [3.8, 4) is 0 Å². The Morgan fingerprint density at radius 2 is 1.87 bits per heavy atom. The van der Waals surface area contributed by atoms with Crippen molar-refractivity contribution in [1.82, 2.24) is 4.90 Å². The lowest BCUT2D eigenvalue weighted by molar-refractivity contribution is -0.159. The second kappa shape index (κ2) is 5.39. The molecule has 0 spiro atoms. The van der Waals surface area contributed by atoms with Crippen molar-refractivity contribution < 1.29 is 14.3 Å². The molecule has 2 atom stereocenters. The highest BCUT2D eigenvalue weighted by molar-refractivity contribution is 8.00. The van der Waals surface area contributed by atoms with Crippen molar-refractivity contribution >= 4 is 23.6 Å². The zero-order chi connectivity index (χ0) is 11.4. The fourth-order valence-electron chi connectivity index (χ4n) is 1.67. The Bertz CT molecular complexity index is 247. The van der Waals surface area contributed by atoms with Crippen LogP contribution in [0.5, 0.6) is 0 Å². The quantitative estimate of drug-likeness (QED) is 0.497. The second-order valence-electron chi connectivity index (χ2n) is 3.69. The molecule has 15 heavy (non-hydrogen) atoms. The number of carbonyl (C=O) groups is 2. The van der Waals surface area contributed by atoms with Crippen LogP contribution < -0.4 is 0 Å². The number of carbonyl (C=O) groups excluding carboxylic acids is 2. The summed E-state index contributed by atoms with van der Waals surface area (Å²) >= 11 is 1.84. The van der Waals surface area contributed by atoms with E-state index >= 15 is 0 Å². The SMILES string of the molecule is CCOC(=O)C(=O)N1CC(C)SC(C)C1. The summed E-state index contributed by atoms with van der Waals surface area (Å²) in [4.78, 5) is 24.4. The van der Waals surface area contributed by atoms with E-state index in [0.29, 0.717) is 23.6 Å². The molecule has 0 aromatic rings. The van der Waals surface area contributed by atoms with E-state index in [2.05, 4.69) is 13.8 Å². The molecule has 2 unspecified atom stereocenters. The first kappa shape index (κ1) is 12.4. The number of hydrogen-bond donors (Lipinski definition) is 0. The van der Waals surface area contributed by atoms with E-state index in [-0.39, 0.29) is 6.61 Å². The van der Waals surface area contributed by atoms with Gasteiger partial charge in [-0.1, -0.05) is 13.8 Å². The molecule has 86 valence electrons. The monoisotopic (exact) mass is 231 g/mol. The van der Waals surface area contributed by atoms with Gasteiger partial charge in [0.05, 0.1) is 6.61 Å². The second-order valence-corrected chi connectivity index (χ2v) is 5.57. The third kappa shape index (κ3) is 3.41. The maximum atomic E-state index is 11.6. The molecule has 1 aliphatic rings. The van der Waals surface area contributed by atoms with Crippen LogP contribution in [0.1, 0.15) is 20.8 Å². The minimum atomic E-state index is -0.733. The molecule has 0 saturated carbocycles. The van der Waals surface area contributed by atoms with Crippen molar-refractivity contribution in [3.05, 3.63) is 0 Å². The van der Waals surface area contributed by atoms with Gasteiger partial charge in [-0.2, -0.15) is 11.8 Å². The summed E-state index contributed by atoms with van der Waals surface area (Å²) < 4.78 is 4.69. The Balaban J connectivity index is 2.55. The zero-order valence-corrected chi connectivity index (χ0v) is 10.2. The Kier molecular flexibility index (Phi) is 4.45. The van der Waals surface area contributed by atoms with Gasteiger partial charge >= 0.3 is 11.9 Å². The van der Waals surface area contributed by atoms with Gasteiger partial charge in [0.2, 0.25) is 0 Å². The Labute approximate surface area is 94.3 Å². The first-order valence-corrected chi connectivity index (χ1v) is 6.10. The van der Waals surface area contributed by atoms with Crippen LogP contribution in [0.25, 0.3) is 0 Å². The van der Waals surface area contributed by atoms with Crippen molar-refractivity contribution in [3.63, 3.8) is 0 Å². The predicted octanol–water partition coefficient (Wildman–Crippen LogP) is 0.902. The first-order valence-electron chi connectivity index (χ1n) is 5.16. The van der Waals surface area contributed by atoms with Gasteiger partial charge in [-0.05, 0) is 6.92 Å². The molecule has 0 aromatic carbocycles. The van der Waals surface area contributed by atoms with Crippen molar-refractivity contribution in [2.75, 3.05) is 19.7 Å². The molecule has 1 saturated heterocycles. The number of esters is 1. The van der Waals surface area contributed by atoms with Crippen LogP contribution in [-0.4, -0.2) is 47.0 Å². The molecule has 0 N–H and O–H groups in total. The molecule has 1 rings (SSSR count). The first-order chi connectivity index (χ1) is 7.04. The molecule has 1 amide bonds. The van der Waals surface area contributed by atoms with E-state index < -0.39 is 11.9 Å². The number of amides is 1. The summed E-state index contributed by atoms with van der Waals surface area (Å²) in [6.07, 6.45) is 0. The minimum Gasteiger partial charge on any atom is -0.459 e. The highest BCUT2D eigenvalue weighted by Crippen LogP contribution is 2.24. The summed E-state index contributed by atoms with van der Waals surface area (Å²) in [7, 11) is 0. The lowest BCUT2D eigenvalue weighted by Crippen LogP contribution is -2.47. The van der Waals surface area contributed by atoms with Crippen molar-refractivity contribution in [2.24, 2.45) is 0 Å². The van der Waals surface area contributed by atoms with Crippen LogP contribution in [-0.2, 0) is 14.3 Å². The molecule has 5 heteroatoms. The van der Waals surface area contributed by atoms with E-state index in [0.717, 1.165) is 0 Å². The van der Waals surface area contributed by atoms with Crippen LogP contribution in [0.15, 0.2) is 0 Å². The third-order valence-electron chi connectivity index (χ3n) is 2.16. The van der Waals surface area contributed by atoms with Gasteiger partial charge in [0.25, 0.3) is 0 Å². The van der Waals surface area contributed by atoms with Crippen LogP contribution in [0.2, 0.25) is 0 Å². The smallest absolute Gasteiger partial charge is 0.397 e. The average Bonchev–Trinajstić information content (AvgIpc) is 2.15. The number of rotatable bonds is 1. The van der Waals surface area contributed by atoms with Crippen molar-refractivity contribution in [1.29, 1.82) is 0 Å². The average molecular weight is 231 g/mol. The number of thioether (sulfide) groups is 1. The van der Waals surface area contributed by atoms with Gasteiger partial charge in [-0.3, -0.25) is 4.79 Å². The van der Waals surface area contributed by atoms with Gasteiger partial charge in [0.1, 0.15) is 0 Å². The van der Waals surface area contributed by atoms with Crippen LogP contribution in [0.3, 0.4) is 0 Å². The molecule has 0 aliphatic carbocycles. The third-order valence-corrected chi connectivity index (χ3v) is 3.38. The van der Waals surface area contributed by atoms with E-state index in [4.69, 9.17) is 4.74 Å². The maximum Gasteiger partial charge on any atom is 0.397 e. The van der Waals surface area contributed by atoms with Crippen LogP contribution in [0.4, 0.5) is 0 Å². The van der Waals surface area contributed by atoms with E-state index in [1.54, 1.807) is 11.8 Å². The molecule has 4 nitrogen and oxygen atoms in total. The fourth-order valence-corrected chi connectivity index (χ4v) is 2.99. The molecule has 1 fully saturated rings. The predicted molar refractivity (Wildman–Crippen MR) is 59.7 cm³/mol. The van der Waals surface area contributed by atoms with Gasteiger partial charge < -0.3 is 9.64 Å². The van der Waals surface area contributed by atoms with Gasteiger partial charge in [-0.25, -0.2) is 4.79 Å². The summed E-state index contributed by atoms with van der Waals surface area (Å²) in [6, 6.07) is 0. The minimum absolute atomic E-state index is 0.248.